The predicted molar refractivity (Wildman–Crippen MR) is 63.8 cm³/mol. The summed E-state index contributed by atoms with van der Waals surface area (Å²) in [5.74, 6) is -0.145. The molecule has 2 aromatic rings. The van der Waals surface area contributed by atoms with Gasteiger partial charge in [0.15, 0.2) is 11.6 Å². The molecule has 1 heterocycles. The van der Waals surface area contributed by atoms with Crippen molar-refractivity contribution in [3.05, 3.63) is 40.7 Å². The number of aromatic nitrogens is 2. The van der Waals surface area contributed by atoms with Crippen molar-refractivity contribution in [1.82, 2.24) is 14.9 Å². The zero-order valence-corrected chi connectivity index (χ0v) is 10.3. The van der Waals surface area contributed by atoms with E-state index in [2.05, 4.69) is 14.9 Å². The average molecular weight is 253 g/mol. The van der Waals surface area contributed by atoms with Crippen molar-refractivity contribution >= 4 is 11.5 Å². The van der Waals surface area contributed by atoms with Crippen molar-refractivity contribution < 1.29 is 9.13 Å². The summed E-state index contributed by atoms with van der Waals surface area (Å²) in [6.07, 6.45) is 0. The molecule has 6 heteroatoms. The maximum Gasteiger partial charge on any atom is 0.165 e. The van der Waals surface area contributed by atoms with Gasteiger partial charge in [0.05, 0.1) is 18.8 Å². The van der Waals surface area contributed by atoms with Crippen LogP contribution in [0, 0.1) is 5.82 Å². The van der Waals surface area contributed by atoms with Gasteiger partial charge in [-0.2, -0.15) is 0 Å². The lowest BCUT2D eigenvalue weighted by Crippen LogP contribution is -2.18. The second-order valence-electron chi connectivity index (χ2n) is 3.45. The van der Waals surface area contributed by atoms with Gasteiger partial charge in [-0.25, -0.2) is 4.39 Å². The number of hydrogen-bond acceptors (Lipinski definition) is 5. The molecule has 0 aliphatic carbocycles. The van der Waals surface area contributed by atoms with Crippen LogP contribution in [0.5, 0.6) is 5.75 Å². The Morgan fingerprint density at radius 2 is 2.29 bits per heavy atom. The van der Waals surface area contributed by atoms with Gasteiger partial charge in [0.2, 0.25) is 0 Å². The number of methoxy groups -OCH3 is 1. The van der Waals surface area contributed by atoms with Crippen LogP contribution in [0.15, 0.2) is 23.6 Å². The largest absolute Gasteiger partial charge is 0.494 e. The lowest BCUT2D eigenvalue weighted by atomic mass is 10.0. The summed E-state index contributed by atoms with van der Waals surface area (Å²) in [6, 6.07) is 4.70. The maximum atomic E-state index is 13.6. The summed E-state index contributed by atoms with van der Waals surface area (Å²) < 4.78 is 22.3. The van der Waals surface area contributed by atoms with Crippen molar-refractivity contribution in [2.24, 2.45) is 0 Å². The van der Waals surface area contributed by atoms with Crippen LogP contribution in [-0.4, -0.2) is 23.7 Å². The third-order valence-electron chi connectivity index (χ3n) is 2.47. The molecular formula is C11H12FN3OS. The SMILES string of the molecule is CNC(c1ccc(OC)c(F)c1)c1csnn1. The topological polar surface area (TPSA) is 47.0 Å². The Balaban J connectivity index is 2.35. The summed E-state index contributed by atoms with van der Waals surface area (Å²) in [7, 11) is 3.24. The highest BCUT2D eigenvalue weighted by Crippen LogP contribution is 2.25. The Hall–Kier alpha value is -1.53. The van der Waals surface area contributed by atoms with Crippen LogP contribution in [0.2, 0.25) is 0 Å². The lowest BCUT2D eigenvalue weighted by molar-refractivity contribution is 0.386. The molecule has 0 aliphatic rings. The number of hydrogen-bond donors (Lipinski definition) is 1. The van der Waals surface area contributed by atoms with Crippen LogP contribution in [0.4, 0.5) is 4.39 Å². The van der Waals surface area contributed by atoms with E-state index in [1.807, 2.05) is 11.4 Å². The van der Waals surface area contributed by atoms with E-state index in [1.54, 1.807) is 13.1 Å². The molecule has 0 aliphatic heterocycles. The maximum absolute atomic E-state index is 13.6. The molecule has 1 aromatic heterocycles. The smallest absolute Gasteiger partial charge is 0.165 e. The lowest BCUT2D eigenvalue weighted by Gasteiger charge is -2.14. The predicted octanol–water partition coefficient (Wildman–Crippen LogP) is 1.99. The van der Waals surface area contributed by atoms with Gasteiger partial charge in [-0.15, -0.1) is 5.10 Å². The van der Waals surface area contributed by atoms with Gasteiger partial charge >= 0.3 is 0 Å². The van der Waals surface area contributed by atoms with Crippen LogP contribution in [0.25, 0.3) is 0 Å². The van der Waals surface area contributed by atoms with Gasteiger partial charge < -0.3 is 10.1 Å². The van der Waals surface area contributed by atoms with Crippen LogP contribution in [0.1, 0.15) is 17.3 Å². The number of ether oxygens (including phenoxy) is 1. The summed E-state index contributed by atoms with van der Waals surface area (Å²) in [5.41, 5.74) is 1.57. The number of nitrogens with one attached hydrogen (secondary N) is 1. The second kappa shape index (κ2) is 5.20. The van der Waals surface area contributed by atoms with Crippen molar-refractivity contribution in [3.63, 3.8) is 0 Å². The van der Waals surface area contributed by atoms with Gasteiger partial charge in [0.1, 0.15) is 0 Å². The molecule has 0 saturated carbocycles. The van der Waals surface area contributed by atoms with E-state index >= 15 is 0 Å². The fourth-order valence-corrected chi connectivity index (χ4v) is 2.12. The highest BCUT2D eigenvalue weighted by atomic mass is 32.1. The fraction of sp³-hybridized carbons (Fsp3) is 0.273. The first-order chi connectivity index (χ1) is 8.26. The third-order valence-corrected chi connectivity index (χ3v) is 2.99. The van der Waals surface area contributed by atoms with Gasteiger partial charge in [-0.3, -0.25) is 0 Å². The number of nitrogens with zero attached hydrogens (tertiary/aromatic N) is 2. The van der Waals surface area contributed by atoms with Gasteiger partial charge in [-0.1, -0.05) is 10.6 Å². The minimum atomic E-state index is -0.381. The normalized spacial score (nSPS) is 12.4. The molecule has 17 heavy (non-hydrogen) atoms. The first-order valence-corrected chi connectivity index (χ1v) is 5.87. The average Bonchev–Trinajstić information content (AvgIpc) is 2.84. The Morgan fingerprint density at radius 3 is 2.82 bits per heavy atom. The molecule has 0 amide bonds. The molecule has 2 rings (SSSR count). The van der Waals surface area contributed by atoms with E-state index < -0.39 is 0 Å². The quantitative estimate of drug-likeness (QED) is 0.905. The highest BCUT2D eigenvalue weighted by Gasteiger charge is 2.16. The summed E-state index contributed by atoms with van der Waals surface area (Å²) in [5, 5.41) is 8.91. The standard InChI is InChI=1S/C11H12FN3OS/c1-13-11(9-6-17-15-14-9)7-3-4-10(16-2)8(12)5-7/h3-6,11,13H,1-2H3. The minimum absolute atomic E-state index is 0.158. The van der Waals surface area contributed by atoms with Crippen molar-refractivity contribution in [2.75, 3.05) is 14.2 Å². The highest BCUT2D eigenvalue weighted by molar-refractivity contribution is 7.03. The molecule has 90 valence electrons. The van der Waals surface area contributed by atoms with Crippen molar-refractivity contribution in [3.8, 4) is 5.75 Å². The Labute approximate surface area is 103 Å². The first kappa shape index (κ1) is 11.9. The Kier molecular flexibility index (Phi) is 3.65. The molecular weight excluding hydrogens is 241 g/mol. The molecule has 1 N–H and O–H groups in total. The zero-order chi connectivity index (χ0) is 12.3. The molecule has 1 aromatic carbocycles. The van der Waals surface area contributed by atoms with E-state index in [0.29, 0.717) is 0 Å². The molecule has 0 spiro atoms. The molecule has 1 unspecified atom stereocenters. The molecule has 0 radical (unpaired) electrons. The van der Waals surface area contributed by atoms with E-state index in [9.17, 15) is 4.39 Å². The van der Waals surface area contributed by atoms with Crippen LogP contribution < -0.4 is 10.1 Å². The van der Waals surface area contributed by atoms with E-state index in [1.165, 1.54) is 24.7 Å². The van der Waals surface area contributed by atoms with Crippen molar-refractivity contribution in [1.29, 1.82) is 0 Å². The zero-order valence-electron chi connectivity index (χ0n) is 9.48. The van der Waals surface area contributed by atoms with Crippen molar-refractivity contribution in [2.45, 2.75) is 6.04 Å². The van der Waals surface area contributed by atoms with Gasteiger partial charge in [0.25, 0.3) is 0 Å². The number of benzene rings is 1. The monoisotopic (exact) mass is 253 g/mol. The molecule has 0 bridgehead atoms. The molecule has 4 nitrogen and oxygen atoms in total. The summed E-state index contributed by atoms with van der Waals surface area (Å²) in [6.45, 7) is 0. The number of rotatable bonds is 4. The van der Waals surface area contributed by atoms with E-state index in [4.69, 9.17) is 4.74 Å². The van der Waals surface area contributed by atoms with Crippen LogP contribution >= 0.6 is 11.5 Å². The molecule has 1 atom stereocenters. The minimum Gasteiger partial charge on any atom is -0.494 e. The van der Waals surface area contributed by atoms with Gasteiger partial charge in [-0.05, 0) is 36.3 Å². The first-order valence-electron chi connectivity index (χ1n) is 5.04. The summed E-state index contributed by atoms with van der Waals surface area (Å²) >= 11 is 1.27. The Morgan fingerprint density at radius 1 is 1.47 bits per heavy atom. The van der Waals surface area contributed by atoms with E-state index in [0.717, 1.165) is 11.3 Å². The van der Waals surface area contributed by atoms with Crippen LogP contribution in [-0.2, 0) is 0 Å². The fourth-order valence-electron chi connectivity index (χ4n) is 1.65. The molecule has 0 fully saturated rings. The summed E-state index contributed by atoms with van der Waals surface area (Å²) in [4.78, 5) is 0. The second-order valence-corrected chi connectivity index (χ2v) is 4.06. The van der Waals surface area contributed by atoms with Crippen LogP contribution in [0.3, 0.4) is 0 Å². The van der Waals surface area contributed by atoms with Gasteiger partial charge in [0, 0.05) is 5.38 Å². The third kappa shape index (κ3) is 2.42. The van der Waals surface area contributed by atoms with E-state index in [-0.39, 0.29) is 17.6 Å². The molecule has 0 saturated heterocycles. The number of halogens is 1. The Bertz CT molecular complexity index is 489.